The molecule has 8 heteroatoms. The van der Waals surface area contributed by atoms with Gasteiger partial charge in [-0.3, -0.25) is 14.9 Å². The molecular formula is C20H19FN4O3. The van der Waals surface area contributed by atoms with Crippen LogP contribution in [0.15, 0.2) is 48.5 Å². The van der Waals surface area contributed by atoms with E-state index in [-0.39, 0.29) is 23.6 Å². The molecule has 3 aromatic rings. The number of nitrogens with one attached hydrogen (secondary N) is 1. The molecule has 0 aliphatic carbocycles. The first kappa shape index (κ1) is 19.2. The molecule has 0 fully saturated rings. The topological polar surface area (TPSA) is 111 Å². The van der Waals surface area contributed by atoms with E-state index in [1.165, 1.54) is 18.2 Å². The van der Waals surface area contributed by atoms with Crippen LogP contribution in [0.2, 0.25) is 0 Å². The number of nitro groups is 1. The predicted molar refractivity (Wildman–Crippen MR) is 104 cm³/mol. The zero-order valence-corrected chi connectivity index (χ0v) is 15.2. The lowest BCUT2D eigenvalue weighted by molar-refractivity contribution is -0.383. The van der Waals surface area contributed by atoms with Gasteiger partial charge in [-0.1, -0.05) is 24.3 Å². The minimum absolute atomic E-state index is 0.0815. The summed E-state index contributed by atoms with van der Waals surface area (Å²) < 4.78 is 13.1. The standard InChI is InChI=1S/C20H19FN4O3/c1-12-9-17(16-3-2-4-18(25(27)28)19(16)24-12)23-11-14(20(22)26)10-13-5-7-15(21)8-6-13/h2-9,14H,10-11H2,1H3,(H2,22,26)(H,23,24). The Kier molecular flexibility index (Phi) is 5.49. The molecule has 144 valence electrons. The normalized spacial score (nSPS) is 11.9. The van der Waals surface area contributed by atoms with Crippen molar-refractivity contribution in [2.45, 2.75) is 13.3 Å². The minimum Gasteiger partial charge on any atom is -0.384 e. The lowest BCUT2D eigenvalue weighted by Crippen LogP contribution is -2.31. The van der Waals surface area contributed by atoms with E-state index in [0.29, 0.717) is 23.2 Å². The Bertz CT molecular complexity index is 1040. The van der Waals surface area contributed by atoms with Crippen molar-refractivity contribution < 1.29 is 14.1 Å². The molecule has 3 N–H and O–H groups in total. The number of pyridine rings is 1. The average Bonchev–Trinajstić information content (AvgIpc) is 2.65. The van der Waals surface area contributed by atoms with Crippen LogP contribution < -0.4 is 11.1 Å². The Morgan fingerprint density at radius 1 is 1.29 bits per heavy atom. The average molecular weight is 382 g/mol. The number of halogens is 1. The molecule has 28 heavy (non-hydrogen) atoms. The number of primary amides is 1. The Balaban J connectivity index is 1.86. The van der Waals surface area contributed by atoms with E-state index in [2.05, 4.69) is 10.3 Å². The number of aryl methyl sites for hydroxylation is 1. The second kappa shape index (κ2) is 7.99. The largest absolute Gasteiger partial charge is 0.384 e. The van der Waals surface area contributed by atoms with Crippen LogP contribution in [0.5, 0.6) is 0 Å². The van der Waals surface area contributed by atoms with Crippen LogP contribution in [-0.2, 0) is 11.2 Å². The van der Waals surface area contributed by atoms with E-state index in [1.54, 1.807) is 37.3 Å². The van der Waals surface area contributed by atoms with Gasteiger partial charge in [0.05, 0.1) is 10.8 Å². The van der Waals surface area contributed by atoms with Gasteiger partial charge in [0.2, 0.25) is 5.91 Å². The molecule has 0 radical (unpaired) electrons. The highest BCUT2D eigenvalue weighted by Gasteiger charge is 2.19. The third-order valence-corrected chi connectivity index (χ3v) is 4.48. The molecule has 1 unspecified atom stereocenters. The van der Waals surface area contributed by atoms with E-state index in [9.17, 15) is 19.3 Å². The molecule has 1 heterocycles. The number of nitro benzene ring substituents is 1. The van der Waals surface area contributed by atoms with E-state index < -0.39 is 16.7 Å². The van der Waals surface area contributed by atoms with Gasteiger partial charge in [-0.05, 0) is 37.1 Å². The monoisotopic (exact) mass is 382 g/mol. The molecular weight excluding hydrogens is 363 g/mol. The lowest BCUT2D eigenvalue weighted by Gasteiger charge is -2.17. The first-order valence-corrected chi connectivity index (χ1v) is 8.67. The molecule has 0 saturated heterocycles. The molecule has 3 rings (SSSR count). The highest BCUT2D eigenvalue weighted by Crippen LogP contribution is 2.30. The summed E-state index contributed by atoms with van der Waals surface area (Å²) in [4.78, 5) is 27.0. The SMILES string of the molecule is Cc1cc(NCC(Cc2ccc(F)cc2)C(N)=O)c2cccc([N+](=O)[O-])c2n1. The van der Waals surface area contributed by atoms with Gasteiger partial charge in [-0.25, -0.2) is 9.37 Å². The molecule has 0 aliphatic heterocycles. The van der Waals surface area contributed by atoms with Crippen molar-refractivity contribution in [3.8, 4) is 0 Å². The zero-order valence-electron chi connectivity index (χ0n) is 15.2. The number of para-hydroxylation sites is 1. The number of benzene rings is 2. The molecule has 1 aromatic heterocycles. The van der Waals surface area contributed by atoms with Gasteiger partial charge < -0.3 is 11.1 Å². The number of nitrogens with two attached hydrogens (primary N) is 1. The molecule has 0 spiro atoms. The van der Waals surface area contributed by atoms with Gasteiger partial charge in [0.25, 0.3) is 5.69 Å². The van der Waals surface area contributed by atoms with Crippen molar-refractivity contribution in [2.75, 3.05) is 11.9 Å². The molecule has 0 saturated carbocycles. The number of hydrogen-bond acceptors (Lipinski definition) is 5. The summed E-state index contributed by atoms with van der Waals surface area (Å²) in [6, 6.07) is 12.4. The van der Waals surface area contributed by atoms with Crippen LogP contribution in [0.25, 0.3) is 10.9 Å². The summed E-state index contributed by atoms with van der Waals surface area (Å²) in [5.41, 5.74) is 7.77. The van der Waals surface area contributed by atoms with Crippen LogP contribution in [0.3, 0.4) is 0 Å². The van der Waals surface area contributed by atoms with Crippen LogP contribution in [0, 0.1) is 28.8 Å². The Labute approximate surface area is 160 Å². The van der Waals surface area contributed by atoms with Gasteiger partial charge in [-0.15, -0.1) is 0 Å². The summed E-state index contributed by atoms with van der Waals surface area (Å²) in [5, 5.41) is 15.0. The van der Waals surface area contributed by atoms with E-state index in [1.807, 2.05) is 0 Å². The van der Waals surface area contributed by atoms with Gasteiger partial charge in [0.15, 0.2) is 5.52 Å². The summed E-state index contributed by atoms with van der Waals surface area (Å²) in [7, 11) is 0. The number of hydrogen-bond donors (Lipinski definition) is 2. The summed E-state index contributed by atoms with van der Waals surface area (Å²) in [6.07, 6.45) is 0.352. The number of amides is 1. The van der Waals surface area contributed by atoms with Crippen LogP contribution in [0.1, 0.15) is 11.3 Å². The number of rotatable bonds is 7. The first-order valence-electron chi connectivity index (χ1n) is 8.67. The van der Waals surface area contributed by atoms with Crippen molar-refractivity contribution in [1.82, 2.24) is 4.98 Å². The maximum atomic E-state index is 13.1. The smallest absolute Gasteiger partial charge is 0.295 e. The second-order valence-electron chi connectivity index (χ2n) is 6.55. The Morgan fingerprint density at radius 2 is 2.00 bits per heavy atom. The highest BCUT2D eigenvalue weighted by molar-refractivity contribution is 5.96. The number of nitrogens with zero attached hydrogens (tertiary/aromatic N) is 2. The van der Waals surface area contributed by atoms with Gasteiger partial charge in [0, 0.05) is 29.4 Å². The maximum absolute atomic E-state index is 13.1. The fraction of sp³-hybridized carbons (Fsp3) is 0.200. The van der Waals surface area contributed by atoms with Crippen LogP contribution in [0.4, 0.5) is 15.8 Å². The molecule has 1 amide bonds. The third kappa shape index (κ3) is 4.22. The summed E-state index contributed by atoms with van der Waals surface area (Å²) >= 11 is 0. The molecule has 1 atom stereocenters. The Morgan fingerprint density at radius 3 is 2.64 bits per heavy atom. The van der Waals surface area contributed by atoms with E-state index in [0.717, 1.165) is 5.56 Å². The number of carbonyl (C=O) groups is 1. The van der Waals surface area contributed by atoms with Crippen molar-refractivity contribution in [3.63, 3.8) is 0 Å². The van der Waals surface area contributed by atoms with E-state index in [4.69, 9.17) is 5.73 Å². The van der Waals surface area contributed by atoms with Gasteiger partial charge in [-0.2, -0.15) is 0 Å². The lowest BCUT2D eigenvalue weighted by atomic mass is 9.98. The Hall–Kier alpha value is -3.55. The van der Waals surface area contributed by atoms with Gasteiger partial charge in [0.1, 0.15) is 5.82 Å². The van der Waals surface area contributed by atoms with E-state index >= 15 is 0 Å². The van der Waals surface area contributed by atoms with Crippen LogP contribution >= 0.6 is 0 Å². The van der Waals surface area contributed by atoms with Crippen molar-refractivity contribution >= 4 is 28.2 Å². The van der Waals surface area contributed by atoms with Crippen molar-refractivity contribution in [3.05, 3.63) is 75.7 Å². The number of fused-ring (bicyclic) bond motifs is 1. The summed E-state index contributed by atoms with van der Waals surface area (Å²) in [5.74, 6) is -1.37. The number of aromatic nitrogens is 1. The predicted octanol–water partition coefficient (Wildman–Crippen LogP) is 3.35. The minimum atomic E-state index is -0.535. The molecule has 2 aromatic carbocycles. The summed E-state index contributed by atoms with van der Waals surface area (Å²) in [6.45, 7) is 1.97. The molecule has 7 nitrogen and oxygen atoms in total. The van der Waals surface area contributed by atoms with Crippen LogP contribution in [-0.4, -0.2) is 22.4 Å². The van der Waals surface area contributed by atoms with Gasteiger partial charge >= 0.3 is 0 Å². The first-order chi connectivity index (χ1) is 13.3. The number of anilines is 1. The fourth-order valence-corrected chi connectivity index (χ4v) is 3.07. The van der Waals surface area contributed by atoms with Crippen molar-refractivity contribution in [1.29, 1.82) is 0 Å². The number of carbonyl (C=O) groups excluding carboxylic acids is 1. The highest BCUT2D eigenvalue weighted by atomic mass is 19.1. The second-order valence-corrected chi connectivity index (χ2v) is 6.55. The molecule has 0 bridgehead atoms. The van der Waals surface area contributed by atoms with Crippen molar-refractivity contribution in [2.24, 2.45) is 11.7 Å². The maximum Gasteiger partial charge on any atom is 0.295 e. The molecule has 0 aliphatic rings. The number of non-ortho nitro benzene ring substituents is 1. The third-order valence-electron chi connectivity index (χ3n) is 4.48. The quantitative estimate of drug-likeness (QED) is 0.481. The fourth-order valence-electron chi connectivity index (χ4n) is 3.07. The zero-order chi connectivity index (χ0) is 20.3.